The second kappa shape index (κ2) is 6.23. The highest BCUT2D eigenvalue weighted by Crippen LogP contribution is 2.14. The van der Waals surface area contributed by atoms with Gasteiger partial charge in [-0.15, -0.1) is 0 Å². The summed E-state index contributed by atoms with van der Waals surface area (Å²) in [6.07, 6.45) is 3.28. The number of carbonyl (C=O) groups excluding carboxylic acids is 1. The standard InChI is InChI=1S/C15H13N5OS/c21-14(12-9-17-13-11(12)7-4-8-16-13)19-20-15(22)18-10-5-2-1-3-6-10/h1-9H,(H,16,17)(H,19,21)(H2,18,20,22). The van der Waals surface area contributed by atoms with E-state index in [1.54, 1.807) is 18.5 Å². The fourth-order valence-electron chi connectivity index (χ4n) is 2.01. The second-order valence-electron chi connectivity index (χ2n) is 4.50. The van der Waals surface area contributed by atoms with E-state index in [9.17, 15) is 4.79 Å². The molecular formula is C15H13N5OS. The van der Waals surface area contributed by atoms with Gasteiger partial charge in [-0.2, -0.15) is 0 Å². The van der Waals surface area contributed by atoms with Gasteiger partial charge in [-0.1, -0.05) is 18.2 Å². The Morgan fingerprint density at radius 3 is 2.73 bits per heavy atom. The smallest absolute Gasteiger partial charge is 0.271 e. The average Bonchev–Trinajstić information content (AvgIpc) is 2.98. The first kappa shape index (κ1) is 14.0. The zero-order chi connectivity index (χ0) is 15.4. The van der Waals surface area contributed by atoms with Gasteiger partial charge in [0.15, 0.2) is 5.11 Å². The number of H-pyrrole nitrogens is 1. The van der Waals surface area contributed by atoms with Crippen molar-refractivity contribution in [3.05, 3.63) is 60.4 Å². The van der Waals surface area contributed by atoms with Crippen LogP contribution in [0.1, 0.15) is 10.4 Å². The Morgan fingerprint density at radius 1 is 1.09 bits per heavy atom. The van der Waals surface area contributed by atoms with Crippen molar-refractivity contribution in [2.24, 2.45) is 0 Å². The van der Waals surface area contributed by atoms with Crippen molar-refractivity contribution >= 4 is 40.0 Å². The third-order valence-corrected chi connectivity index (χ3v) is 3.22. The Balaban J connectivity index is 1.61. The molecule has 22 heavy (non-hydrogen) atoms. The molecule has 0 aliphatic rings. The highest BCUT2D eigenvalue weighted by Gasteiger charge is 2.12. The number of pyridine rings is 1. The van der Waals surface area contributed by atoms with E-state index >= 15 is 0 Å². The number of benzene rings is 1. The molecule has 0 fully saturated rings. The SMILES string of the molecule is O=C(NNC(=S)Nc1ccccc1)c1c[nH]c2ncccc12. The van der Waals surface area contributed by atoms with E-state index in [1.807, 2.05) is 36.4 Å². The van der Waals surface area contributed by atoms with Crippen LogP contribution in [-0.4, -0.2) is 21.0 Å². The highest BCUT2D eigenvalue weighted by atomic mass is 32.1. The fraction of sp³-hybridized carbons (Fsp3) is 0. The largest absolute Gasteiger partial charge is 0.345 e. The van der Waals surface area contributed by atoms with Gasteiger partial charge in [0.05, 0.1) is 5.56 Å². The molecule has 6 nitrogen and oxygen atoms in total. The minimum atomic E-state index is -0.295. The van der Waals surface area contributed by atoms with E-state index in [0.29, 0.717) is 16.3 Å². The maximum Gasteiger partial charge on any atom is 0.271 e. The second-order valence-corrected chi connectivity index (χ2v) is 4.91. The van der Waals surface area contributed by atoms with Gasteiger partial charge in [-0.25, -0.2) is 4.98 Å². The van der Waals surface area contributed by atoms with Crippen LogP contribution in [0.4, 0.5) is 5.69 Å². The van der Waals surface area contributed by atoms with Gasteiger partial charge in [0, 0.05) is 23.5 Å². The first-order chi connectivity index (χ1) is 10.7. The quantitative estimate of drug-likeness (QED) is 0.431. The molecule has 4 N–H and O–H groups in total. The van der Waals surface area contributed by atoms with Gasteiger partial charge < -0.3 is 10.3 Å². The lowest BCUT2D eigenvalue weighted by atomic mass is 10.2. The van der Waals surface area contributed by atoms with E-state index in [-0.39, 0.29) is 5.91 Å². The number of hydrazine groups is 1. The summed E-state index contributed by atoms with van der Waals surface area (Å²) in [4.78, 5) is 19.3. The Hall–Kier alpha value is -2.93. The number of amides is 1. The molecule has 1 aromatic carbocycles. The number of aromatic nitrogens is 2. The van der Waals surface area contributed by atoms with Crippen molar-refractivity contribution in [1.29, 1.82) is 0 Å². The zero-order valence-electron chi connectivity index (χ0n) is 11.5. The fourth-order valence-corrected chi connectivity index (χ4v) is 2.18. The van der Waals surface area contributed by atoms with Crippen LogP contribution in [0.3, 0.4) is 0 Å². The van der Waals surface area contributed by atoms with Gasteiger partial charge in [0.2, 0.25) is 0 Å². The van der Waals surface area contributed by atoms with Crippen molar-refractivity contribution in [3.8, 4) is 0 Å². The summed E-state index contributed by atoms with van der Waals surface area (Å²) < 4.78 is 0. The summed E-state index contributed by atoms with van der Waals surface area (Å²) in [6.45, 7) is 0. The van der Waals surface area contributed by atoms with Crippen LogP contribution in [0.5, 0.6) is 0 Å². The molecule has 3 rings (SSSR count). The Labute approximate surface area is 131 Å². The molecule has 0 radical (unpaired) electrons. The van der Waals surface area contributed by atoms with Gasteiger partial charge in [-0.05, 0) is 36.5 Å². The molecule has 0 unspecified atom stereocenters. The van der Waals surface area contributed by atoms with E-state index < -0.39 is 0 Å². The number of thiocarbonyl (C=S) groups is 1. The third-order valence-electron chi connectivity index (χ3n) is 3.02. The van der Waals surface area contributed by atoms with Crippen molar-refractivity contribution in [2.45, 2.75) is 0 Å². The normalized spacial score (nSPS) is 10.2. The van der Waals surface area contributed by atoms with Gasteiger partial charge >= 0.3 is 0 Å². The first-order valence-electron chi connectivity index (χ1n) is 6.58. The van der Waals surface area contributed by atoms with E-state index in [1.165, 1.54) is 0 Å². The predicted molar refractivity (Wildman–Crippen MR) is 89.4 cm³/mol. The molecule has 2 heterocycles. The van der Waals surface area contributed by atoms with Gasteiger partial charge in [0.1, 0.15) is 5.65 Å². The predicted octanol–water partition coefficient (Wildman–Crippen LogP) is 2.19. The van der Waals surface area contributed by atoms with Crippen LogP contribution in [0.25, 0.3) is 11.0 Å². The molecule has 0 spiro atoms. The van der Waals surface area contributed by atoms with Crippen molar-refractivity contribution < 1.29 is 4.79 Å². The molecule has 110 valence electrons. The monoisotopic (exact) mass is 311 g/mol. The molecule has 7 heteroatoms. The number of para-hydroxylation sites is 1. The first-order valence-corrected chi connectivity index (χ1v) is 6.99. The third kappa shape index (κ3) is 3.04. The number of aromatic amines is 1. The Morgan fingerprint density at radius 2 is 1.91 bits per heavy atom. The molecule has 0 bridgehead atoms. The molecular weight excluding hydrogens is 298 g/mol. The lowest BCUT2D eigenvalue weighted by Gasteiger charge is -2.11. The molecule has 3 aromatic rings. The van der Waals surface area contributed by atoms with E-state index in [0.717, 1.165) is 11.1 Å². The number of anilines is 1. The molecule has 0 aliphatic carbocycles. The number of nitrogens with zero attached hydrogens (tertiary/aromatic N) is 1. The average molecular weight is 311 g/mol. The molecule has 0 aliphatic heterocycles. The van der Waals surface area contributed by atoms with Crippen LogP contribution in [-0.2, 0) is 0 Å². The highest BCUT2D eigenvalue weighted by molar-refractivity contribution is 7.80. The summed E-state index contributed by atoms with van der Waals surface area (Å²) in [7, 11) is 0. The lowest BCUT2D eigenvalue weighted by Crippen LogP contribution is -2.43. The zero-order valence-corrected chi connectivity index (χ0v) is 12.3. The number of rotatable bonds is 2. The maximum atomic E-state index is 12.2. The number of hydrogen-bond acceptors (Lipinski definition) is 3. The summed E-state index contributed by atoms with van der Waals surface area (Å²) >= 11 is 5.12. The summed E-state index contributed by atoms with van der Waals surface area (Å²) in [6, 6.07) is 13.1. The summed E-state index contributed by atoms with van der Waals surface area (Å²) in [5.74, 6) is -0.295. The molecule has 1 amide bonds. The van der Waals surface area contributed by atoms with Crippen LogP contribution in [0.2, 0.25) is 0 Å². The minimum Gasteiger partial charge on any atom is -0.345 e. The lowest BCUT2D eigenvalue weighted by molar-refractivity contribution is 0.0946. The van der Waals surface area contributed by atoms with Crippen LogP contribution in [0.15, 0.2) is 54.9 Å². The van der Waals surface area contributed by atoms with Crippen molar-refractivity contribution in [1.82, 2.24) is 20.8 Å². The number of nitrogens with one attached hydrogen (secondary N) is 4. The Bertz CT molecular complexity index is 815. The van der Waals surface area contributed by atoms with Crippen LogP contribution in [0, 0.1) is 0 Å². The number of hydrogen-bond donors (Lipinski definition) is 4. The molecule has 0 saturated heterocycles. The molecule has 0 saturated carbocycles. The van der Waals surface area contributed by atoms with Gasteiger partial charge in [0.25, 0.3) is 5.91 Å². The maximum absolute atomic E-state index is 12.2. The summed E-state index contributed by atoms with van der Waals surface area (Å²) in [5.41, 5.74) is 7.23. The van der Waals surface area contributed by atoms with Crippen LogP contribution < -0.4 is 16.2 Å². The number of fused-ring (bicyclic) bond motifs is 1. The van der Waals surface area contributed by atoms with Crippen molar-refractivity contribution in [3.63, 3.8) is 0 Å². The van der Waals surface area contributed by atoms with Gasteiger partial charge in [-0.3, -0.25) is 15.6 Å². The van der Waals surface area contributed by atoms with Crippen molar-refractivity contribution in [2.75, 3.05) is 5.32 Å². The Kier molecular flexibility index (Phi) is 3.97. The molecule has 2 aromatic heterocycles. The summed E-state index contributed by atoms with van der Waals surface area (Å²) in [5, 5.41) is 4.02. The van der Waals surface area contributed by atoms with Crippen LogP contribution >= 0.6 is 12.2 Å². The van der Waals surface area contributed by atoms with E-state index in [4.69, 9.17) is 12.2 Å². The van der Waals surface area contributed by atoms with E-state index in [2.05, 4.69) is 26.1 Å². The molecule has 0 atom stereocenters. The number of carbonyl (C=O) groups is 1. The minimum absolute atomic E-state index is 0.295. The topological polar surface area (TPSA) is 81.8 Å².